The Labute approximate surface area is 231 Å². The van der Waals surface area contributed by atoms with Gasteiger partial charge in [0.1, 0.15) is 31.1 Å². The molecule has 2 aliphatic rings. The average molecular weight is 549 g/mol. The standard InChI is InChI=1S/C28H28N4O8/c1-4-15-39-27(35)21-12-8-10-14-24(21)32-19(16-23(31-32)28(36)38-6-3)18-40-26(34)20-11-7-9-13-22(20)30-29-17-25(33)37-5-2/h4,8-14,17,19H,1,5-6,15-16,18H2,2-3H3. The number of allylic oxidation sites excluding steroid dienone is 3. The number of hydrogen-bond donors (Lipinski definition) is 0. The van der Waals surface area contributed by atoms with Crippen LogP contribution in [0.1, 0.15) is 30.6 Å². The van der Waals surface area contributed by atoms with Gasteiger partial charge in [-0.1, -0.05) is 31.7 Å². The molecule has 3 rings (SSSR count). The molecule has 12 nitrogen and oxygen atoms in total. The molecular formula is C28H28N4O8. The zero-order valence-corrected chi connectivity index (χ0v) is 22.1. The summed E-state index contributed by atoms with van der Waals surface area (Å²) in [4.78, 5) is 38.2. The van der Waals surface area contributed by atoms with E-state index in [9.17, 15) is 19.5 Å². The Balaban J connectivity index is 1.84. The molecule has 1 heterocycles. The first kappa shape index (κ1) is 29.5. The van der Waals surface area contributed by atoms with Crippen LogP contribution in [0.4, 0.5) is 5.69 Å². The van der Waals surface area contributed by atoms with Gasteiger partial charge in [-0.3, -0.25) is 5.01 Å². The Morgan fingerprint density at radius 1 is 1.12 bits per heavy atom. The number of esters is 3. The molecule has 40 heavy (non-hydrogen) atoms. The van der Waals surface area contributed by atoms with Crippen LogP contribution in [0.3, 0.4) is 0 Å². The molecule has 1 aliphatic carbocycles. The summed E-state index contributed by atoms with van der Waals surface area (Å²) in [6.07, 6.45) is 9.58. The van der Waals surface area contributed by atoms with Gasteiger partial charge in [-0.05, 0) is 25.7 Å². The largest absolute Gasteiger partial charge is 0.612 e. The number of anilines is 1. The van der Waals surface area contributed by atoms with Crippen LogP contribution in [0.2, 0.25) is 0 Å². The van der Waals surface area contributed by atoms with Crippen molar-refractivity contribution in [2.75, 3.05) is 31.4 Å². The maximum absolute atomic E-state index is 13.0. The molecule has 1 unspecified atom stereocenters. The molecule has 1 aromatic rings. The lowest BCUT2D eigenvalue weighted by Crippen LogP contribution is -2.33. The molecule has 0 radical (unpaired) electrons. The second-order valence-electron chi connectivity index (χ2n) is 8.01. The number of benzene rings is 1. The van der Waals surface area contributed by atoms with Crippen LogP contribution in [0.15, 0.2) is 93.9 Å². The fraction of sp³-hybridized carbons (Fsp3) is 0.286. The third-order valence-electron chi connectivity index (χ3n) is 5.30. The number of carbonyl (C=O) groups is 3. The van der Waals surface area contributed by atoms with Gasteiger partial charge in [0.15, 0.2) is 0 Å². The van der Waals surface area contributed by atoms with Crippen LogP contribution in [0.5, 0.6) is 0 Å². The molecule has 0 bridgehead atoms. The summed E-state index contributed by atoms with van der Waals surface area (Å²) in [5, 5.41) is 24.9. The van der Waals surface area contributed by atoms with Crippen molar-refractivity contribution in [2.24, 2.45) is 15.3 Å². The van der Waals surface area contributed by atoms with Crippen LogP contribution in [0.25, 0.3) is 0 Å². The number of nitrogens with zero attached hydrogens (tertiary/aromatic N) is 4. The summed E-state index contributed by atoms with van der Waals surface area (Å²) < 4.78 is 20.6. The van der Waals surface area contributed by atoms with Gasteiger partial charge in [-0.2, -0.15) is 10.2 Å². The lowest BCUT2D eigenvalue weighted by Gasteiger charge is -2.24. The van der Waals surface area contributed by atoms with E-state index in [2.05, 4.69) is 28.0 Å². The number of hydrogen-bond acceptors (Lipinski definition) is 12. The van der Waals surface area contributed by atoms with Crippen molar-refractivity contribution in [2.45, 2.75) is 26.3 Å². The Hall–Kier alpha value is -5.09. The molecule has 0 N–H and O–H groups in total. The van der Waals surface area contributed by atoms with Crippen LogP contribution in [0, 0.1) is 6.08 Å². The van der Waals surface area contributed by atoms with Gasteiger partial charge < -0.3 is 24.1 Å². The monoisotopic (exact) mass is 548 g/mol. The zero-order chi connectivity index (χ0) is 28.9. The molecular weight excluding hydrogens is 520 g/mol. The SMILES string of the molecule is C=CCOC(=O)c1ccccc1N1N=C(C(=O)OCC)CC1COC(=O)C1=C(N=N/C=C(\[O-])OCC)C=C[C+]=C1. The number of rotatable bonds is 13. The summed E-state index contributed by atoms with van der Waals surface area (Å²) in [7, 11) is 0. The molecule has 0 aromatic heterocycles. The Morgan fingerprint density at radius 3 is 2.65 bits per heavy atom. The van der Waals surface area contributed by atoms with Crippen molar-refractivity contribution < 1.29 is 38.4 Å². The minimum atomic E-state index is -0.745. The number of hydrazone groups is 1. The van der Waals surface area contributed by atoms with Gasteiger partial charge in [0.2, 0.25) is 11.3 Å². The topological polar surface area (TPSA) is 152 Å². The summed E-state index contributed by atoms with van der Waals surface area (Å²) in [5.41, 5.74) is 0.857. The maximum Gasteiger partial charge on any atom is 0.399 e. The van der Waals surface area contributed by atoms with E-state index < -0.39 is 29.9 Å². The molecule has 0 saturated heterocycles. The van der Waals surface area contributed by atoms with E-state index in [-0.39, 0.29) is 55.4 Å². The van der Waals surface area contributed by atoms with E-state index in [1.165, 1.54) is 29.3 Å². The number of para-hydroxylation sites is 1. The van der Waals surface area contributed by atoms with E-state index >= 15 is 0 Å². The van der Waals surface area contributed by atoms with Gasteiger partial charge in [-0.25, -0.2) is 14.4 Å². The highest BCUT2D eigenvalue weighted by molar-refractivity contribution is 6.37. The predicted molar refractivity (Wildman–Crippen MR) is 141 cm³/mol. The highest BCUT2D eigenvalue weighted by Crippen LogP contribution is 2.30. The lowest BCUT2D eigenvalue weighted by atomic mass is 10.1. The normalized spacial score (nSPS) is 16.4. The van der Waals surface area contributed by atoms with E-state index in [4.69, 9.17) is 18.9 Å². The second-order valence-corrected chi connectivity index (χ2v) is 8.01. The lowest BCUT2D eigenvalue weighted by molar-refractivity contribution is -0.357. The molecule has 0 spiro atoms. The molecule has 1 aromatic carbocycles. The fourth-order valence-corrected chi connectivity index (χ4v) is 3.58. The molecule has 0 amide bonds. The Kier molecular flexibility index (Phi) is 10.9. The van der Waals surface area contributed by atoms with E-state index in [0.717, 1.165) is 6.20 Å². The van der Waals surface area contributed by atoms with Crippen molar-refractivity contribution in [3.63, 3.8) is 0 Å². The molecule has 1 aliphatic heterocycles. The summed E-state index contributed by atoms with van der Waals surface area (Å²) in [5.74, 6) is -2.65. The smallest absolute Gasteiger partial charge is 0.399 e. The molecule has 0 fully saturated rings. The quantitative estimate of drug-likeness (QED) is 0.0905. The molecule has 208 valence electrons. The van der Waals surface area contributed by atoms with Crippen molar-refractivity contribution in [1.29, 1.82) is 0 Å². The zero-order valence-electron chi connectivity index (χ0n) is 22.1. The highest BCUT2D eigenvalue weighted by atomic mass is 16.6. The summed E-state index contributed by atoms with van der Waals surface area (Å²) >= 11 is 0. The van der Waals surface area contributed by atoms with Crippen molar-refractivity contribution in [3.8, 4) is 0 Å². The van der Waals surface area contributed by atoms with Gasteiger partial charge in [-0.15, -0.1) is 5.11 Å². The predicted octanol–water partition coefficient (Wildman–Crippen LogP) is 2.90. The minimum absolute atomic E-state index is 0.0108. The number of azo groups is 1. The van der Waals surface area contributed by atoms with Crippen molar-refractivity contribution in [3.05, 3.63) is 90.2 Å². The van der Waals surface area contributed by atoms with E-state index in [1.807, 2.05) is 0 Å². The number of ether oxygens (including phenoxy) is 4. The highest BCUT2D eigenvalue weighted by Gasteiger charge is 2.36. The van der Waals surface area contributed by atoms with Gasteiger partial charge in [0, 0.05) is 12.5 Å². The third kappa shape index (κ3) is 7.71. The average Bonchev–Trinajstić information content (AvgIpc) is 3.39. The van der Waals surface area contributed by atoms with Crippen LogP contribution < -0.4 is 10.1 Å². The van der Waals surface area contributed by atoms with Gasteiger partial charge in [0.05, 0.1) is 42.1 Å². The van der Waals surface area contributed by atoms with Gasteiger partial charge in [0.25, 0.3) is 0 Å². The number of carbonyl (C=O) groups excluding carboxylic acids is 3. The van der Waals surface area contributed by atoms with Crippen molar-refractivity contribution >= 4 is 29.3 Å². The van der Waals surface area contributed by atoms with Crippen molar-refractivity contribution in [1.82, 2.24) is 0 Å². The summed E-state index contributed by atoms with van der Waals surface area (Å²) in [6, 6.07) is 5.92. The molecule has 0 saturated carbocycles. The van der Waals surface area contributed by atoms with Crippen LogP contribution in [-0.4, -0.2) is 56.1 Å². The van der Waals surface area contributed by atoms with E-state index in [1.54, 1.807) is 38.1 Å². The Morgan fingerprint density at radius 2 is 1.90 bits per heavy atom. The Bertz CT molecular complexity index is 1310. The third-order valence-corrected chi connectivity index (χ3v) is 5.30. The van der Waals surface area contributed by atoms with Crippen LogP contribution in [-0.2, 0) is 28.5 Å². The second kappa shape index (κ2) is 14.7. The summed E-state index contributed by atoms with van der Waals surface area (Å²) in [6.45, 7) is 7.01. The maximum atomic E-state index is 13.0. The molecule has 1 atom stereocenters. The first-order valence-corrected chi connectivity index (χ1v) is 12.4. The van der Waals surface area contributed by atoms with Crippen LogP contribution >= 0.6 is 0 Å². The fourth-order valence-electron chi connectivity index (χ4n) is 3.58. The first-order chi connectivity index (χ1) is 19.4. The minimum Gasteiger partial charge on any atom is -0.612 e. The van der Waals surface area contributed by atoms with E-state index in [0.29, 0.717) is 5.69 Å². The van der Waals surface area contributed by atoms with Gasteiger partial charge >= 0.3 is 17.9 Å². The molecule has 12 heteroatoms. The first-order valence-electron chi connectivity index (χ1n) is 12.4.